The predicted octanol–water partition coefficient (Wildman–Crippen LogP) is 3.86. The lowest BCUT2D eigenvalue weighted by molar-refractivity contribution is 0.415. The highest BCUT2D eigenvalue weighted by Gasteiger charge is 2.26. The minimum atomic E-state index is 0.356. The van der Waals surface area contributed by atoms with Crippen molar-refractivity contribution in [2.45, 2.75) is 5.92 Å². The molecule has 0 saturated heterocycles. The zero-order valence-electron chi connectivity index (χ0n) is 11.1. The van der Waals surface area contributed by atoms with Gasteiger partial charge in [-0.2, -0.15) is 0 Å². The molecular formula is C16H14N2OS. The quantitative estimate of drug-likeness (QED) is 0.775. The largest absolute Gasteiger partial charge is 0.497 e. The normalized spacial score (nSPS) is 16.9. The average Bonchev–Trinajstić information content (AvgIpc) is 3.09. The Bertz CT molecular complexity index is 781. The van der Waals surface area contributed by atoms with Crippen LogP contribution in [0.5, 0.6) is 5.75 Å². The first-order chi connectivity index (χ1) is 9.85. The van der Waals surface area contributed by atoms with E-state index in [0.29, 0.717) is 5.92 Å². The van der Waals surface area contributed by atoms with Crippen molar-refractivity contribution >= 4 is 27.2 Å². The summed E-state index contributed by atoms with van der Waals surface area (Å²) in [6, 6.07) is 14.5. The van der Waals surface area contributed by atoms with Crippen LogP contribution in [0.2, 0.25) is 0 Å². The van der Waals surface area contributed by atoms with Gasteiger partial charge in [-0.25, -0.2) is 4.98 Å². The number of thiazole rings is 1. The Morgan fingerprint density at radius 3 is 3.05 bits per heavy atom. The molecule has 1 aliphatic heterocycles. The van der Waals surface area contributed by atoms with E-state index in [1.807, 2.05) is 12.1 Å². The molecule has 0 saturated carbocycles. The average molecular weight is 282 g/mol. The molecule has 1 aliphatic rings. The topological polar surface area (TPSA) is 34.1 Å². The fourth-order valence-corrected chi connectivity index (χ4v) is 3.82. The van der Waals surface area contributed by atoms with Gasteiger partial charge in [0.05, 0.1) is 23.2 Å². The van der Waals surface area contributed by atoms with E-state index in [1.165, 1.54) is 21.0 Å². The zero-order valence-corrected chi connectivity index (χ0v) is 11.9. The Balaban J connectivity index is 1.80. The first kappa shape index (κ1) is 11.7. The lowest BCUT2D eigenvalue weighted by atomic mass is 10.0. The maximum atomic E-state index is 5.28. The highest BCUT2D eigenvalue weighted by Crippen LogP contribution is 2.39. The van der Waals surface area contributed by atoms with Crippen LogP contribution in [0.1, 0.15) is 16.5 Å². The van der Waals surface area contributed by atoms with Crippen LogP contribution in [-0.2, 0) is 0 Å². The maximum Gasteiger partial charge on any atom is 0.120 e. The third-order valence-electron chi connectivity index (χ3n) is 3.74. The van der Waals surface area contributed by atoms with Crippen LogP contribution in [0.15, 0.2) is 42.5 Å². The number of methoxy groups -OCH3 is 1. The number of nitrogens with zero attached hydrogens (tertiary/aromatic N) is 1. The molecule has 0 bridgehead atoms. The molecule has 1 unspecified atom stereocenters. The van der Waals surface area contributed by atoms with Gasteiger partial charge in [0.2, 0.25) is 0 Å². The van der Waals surface area contributed by atoms with Crippen LogP contribution in [-0.4, -0.2) is 18.6 Å². The molecule has 0 aliphatic carbocycles. The van der Waals surface area contributed by atoms with E-state index < -0.39 is 0 Å². The molecule has 2 aromatic carbocycles. The predicted molar refractivity (Wildman–Crippen MR) is 82.9 cm³/mol. The van der Waals surface area contributed by atoms with E-state index in [4.69, 9.17) is 9.72 Å². The van der Waals surface area contributed by atoms with Crippen molar-refractivity contribution in [1.82, 2.24) is 4.98 Å². The molecule has 3 aromatic rings. The molecular weight excluding hydrogens is 268 g/mol. The van der Waals surface area contributed by atoms with Gasteiger partial charge in [0.25, 0.3) is 0 Å². The summed E-state index contributed by atoms with van der Waals surface area (Å²) in [5.74, 6) is 1.24. The minimum Gasteiger partial charge on any atom is -0.497 e. The van der Waals surface area contributed by atoms with E-state index >= 15 is 0 Å². The molecule has 0 radical (unpaired) electrons. The molecule has 1 aromatic heterocycles. The smallest absolute Gasteiger partial charge is 0.120 e. The Hall–Kier alpha value is -2.07. The molecule has 3 nitrogen and oxygen atoms in total. The second kappa shape index (κ2) is 4.49. The van der Waals surface area contributed by atoms with Crippen LogP contribution in [0.25, 0.3) is 10.2 Å². The molecule has 4 rings (SSSR count). The molecule has 0 fully saturated rings. The van der Waals surface area contributed by atoms with Crippen LogP contribution >= 0.6 is 11.3 Å². The summed E-state index contributed by atoms with van der Waals surface area (Å²) in [5, 5.41) is 4.63. The second-order valence-electron chi connectivity index (χ2n) is 4.91. The number of hydrogen-bond acceptors (Lipinski definition) is 4. The first-order valence-corrected chi connectivity index (χ1v) is 7.44. The number of ether oxygens (including phenoxy) is 1. The molecule has 0 spiro atoms. The Morgan fingerprint density at radius 2 is 2.15 bits per heavy atom. The van der Waals surface area contributed by atoms with E-state index in [0.717, 1.165) is 17.8 Å². The third kappa shape index (κ3) is 1.76. The van der Waals surface area contributed by atoms with Crippen molar-refractivity contribution in [3.05, 3.63) is 53.0 Å². The Labute approximate surface area is 121 Å². The number of nitrogens with one attached hydrogen (secondary N) is 1. The number of para-hydroxylation sites is 1. The fraction of sp³-hybridized carbons (Fsp3) is 0.188. The number of aromatic nitrogens is 1. The summed E-state index contributed by atoms with van der Waals surface area (Å²) in [4.78, 5) is 4.79. The lowest BCUT2D eigenvalue weighted by Gasteiger charge is -2.05. The summed E-state index contributed by atoms with van der Waals surface area (Å²) in [6.07, 6.45) is 0. The van der Waals surface area contributed by atoms with E-state index in [2.05, 4.69) is 35.6 Å². The van der Waals surface area contributed by atoms with E-state index in [1.54, 1.807) is 18.4 Å². The van der Waals surface area contributed by atoms with Crippen LogP contribution in [0.4, 0.5) is 5.69 Å². The fourth-order valence-electron chi connectivity index (χ4n) is 2.70. The second-order valence-corrected chi connectivity index (χ2v) is 5.97. The van der Waals surface area contributed by atoms with Crippen molar-refractivity contribution in [2.75, 3.05) is 19.0 Å². The molecule has 20 heavy (non-hydrogen) atoms. The van der Waals surface area contributed by atoms with Gasteiger partial charge in [0, 0.05) is 12.2 Å². The highest BCUT2D eigenvalue weighted by atomic mass is 32.1. The number of rotatable bonds is 2. The van der Waals surface area contributed by atoms with Gasteiger partial charge in [-0.3, -0.25) is 0 Å². The van der Waals surface area contributed by atoms with Crippen molar-refractivity contribution in [1.29, 1.82) is 0 Å². The summed E-state index contributed by atoms with van der Waals surface area (Å²) >= 11 is 1.76. The maximum absolute atomic E-state index is 5.28. The summed E-state index contributed by atoms with van der Waals surface area (Å²) in [6.45, 7) is 0.927. The van der Waals surface area contributed by atoms with Gasteiger partial charge in [0.1, 0.15) is 10.8 Å². The summed E-state index contributed by atoms with van der Waals surface area (Å²) in [7, 11) is 1.69. The zero-order chi connectivity index (χ0) is 13.5. The Kier molecular flexibility index (Phi) is 2.63. The number of benzene rings is 2. The highest BCUT2D eigenvalue weighted by molar-refractivity contribution is 7.18. The van der Waals surface area contributed by atoms with Gasteiger partial charge in [0.15, 0.2) is 0 Å². The van der Waals surface area contributed by atoms with Crippen molar-refractivity contribution in [3.8, 4) is 5.75 Å². The molecule has 0 amide bonds. The molecule has 1 N–H and O–H groups in total. The third-order valence-corrected chi connectivity index (χ3v) is 4.87. The monoisotopic (exact) mass is 282 g/mol. The van der Waals surface area contributed by atoms with Gasteiger partial charge in [-0.15, -0.1) is 11.3 Å². The van der Waals surface area contributed by atoms with Gasteiger partial charge in [-0.1, -0.05) is 18.2 Å². The minimum absolute atomic E-state index is 0.356. The summed E-state index contributed by atoms with van der Waals surface area (Å²) < 4.78 is 6.46. The first-order valence-electron chi connectivity index (χ1n) is 6.62. The van der Waals surface area contributed by atoms with Crippen LogP contribution < -0.4 is 10.1 Å². The standard InChI is InChI=1S/C16H14N2OS/c1-19-10-6-7-14-15(8-10)20-16(18-14)12-9-17-13-5-3-2-4-11(12)13/h2-8,12,17H,9H2,1H3. The SMILES string of the molecule is COc1ccc2nc(C3CNc4ccccc43)sc2c1. The molecule has 100 valence electrons. The lowest BCUT2D eigenvalue weighted by Crippen LogP contribution is -2.02. The van der Waals surface area contributed by atoms with E-state index in [9.17, 15) is 0 Å². The van der Waals surface area contributed by atoms with Crippen molar-refractivity contribution in [3.63, 3.8) is 0 Å². The van der Waals surface area contributed by atoms with Gasteiger partial charge < -0.3 is 10.1 Å². The number of fused-ring (bicyclic) bond motifs is 2. The van der Waals surface area contributed by atoms with Crippen molar-refractivity contribution < 1.29 is 4.74 Å². The van der Waals surface area contributed by atoms with E-state index in [-0.39, 0.29) is 0 Å². The Morgan fingerprint density at radius 1 is 1.25 bits per heavy atom. The molecule has 4 heteroatoms. The van der Waals surface area contributed by atoms with Crippen LogP contribution in [0, 0.1) is 0 Å². The number of anilines is 1. The number of hydrogen-bond donors (Lipinski definition) is 1. The van der Waals surface area contributed by atoms with Crippen LogP contribution in [0.3, 0.4) is 0 Å². The molecule has 1 atom stereocenters. The van der Waals surface area contributed by atoms with Crippen molar-refractivity contribution in [2.24, 2.45) is 0 Å². The van der Waals surface area contributed by atoms with Gasteiger partial charge >= 0.3 is 0 Å². The van der Waals surface area contributed by atoms with Gasteiger partial charge in [-0.05, 0) is 29.8 Å². The summed E-state index contributed by atoms with van der Waals surface area (Å²) in [5.41, 5.74) is 3.63. The molecule has 2 heterocycles.